The van der Waals surface area contributed by atoms with E-state index in [-0.39, 0.29) is 12.4 Å². The van der Waals surface area contributed by atoms with E-state index in [1.54, 1.807) is 13.8 Å². The number of hydrogen-bond donors (Lipinski definition) is 3. The molecule has 25 heavy (non-hydrogen) atoms. The zero-order valence-electron chi connectivity index (χ0n) is 14.0. The molecule has 1 aliphatic heterocycles. The zero-order valence-corrected chi connectivity index (χ0v) is 14.0. The van der Waals surface area contributed by atoms with Gasteiger partial charge in [-0.2, -0.15) is 0 Å². The van der Waals surface area contributed by atoms with Gasteiger partial charge in [-0.05, 0) is 0 Å². The molecule has 2 aliphatic rings. The summed E-state index contributed by atoms with van der Waals surface area (Å²) in [7, 11) is 0. The zero-order chi connectivity index (χ0) is 18.2. The Labute approximate surface area is 142 Å². The van der Waals surface area contributed by atoms with Crippen molar-refractivity contribution in [2.75, 3.05) is 12.3 Å². The van der Waals surface area contributed by atoms with Crippen LogP contribution in [0.5, 0.6) is 0 Å². The van der Waals surface area contributed by atoms with Crippen molar-refractivity contribution in [3.05, 3.63) is 12.7 Å². The highest BCUT2D eigenvalue weighted by molar-refractivity contribution is 5.81. The lowest BCUT2D eigenvalue weighted by atomic mass is 10.0. The Balaban J connectivity index is 1.78. The van der Waals surface area contributed by atoms with E-state index in [4.69, 9.17) is 15.2 Å². The van der Waals surface area contributed by atoms with Crippen LogP contribution in [0, 0.1) is 5.41 Å². The van der Waals surface area contributed by atoms with Crippen molar-refractivity contribution in [2.45, 2.75) is 44.3 Å². The van der Waals surface area contributed by atoms with E-state index >= 15 is 0 Å². The van der Waals surface area contributed by atoms with Gasteiger partial charge in [-0.15, -0.1) is 0 Å². The molecular weight excluding hydrogens is 330 g/mol. The number of aliphatic hydroxyl groups is 2. The average Bonchev–Trinajstić information content (AvgIpc) is 2.92. The van der Waals surface area contributed by atoms with E-state index in [1.165, 1.54) is 24.1 Å². The molecule has 0 amide bonds. The van der Waals surface area contributed by atoms with Gasteiger partial charge >= 0.3 is 5.97 Å². The molecule has 134 valence electrons. The number of rotatable bonds is 3. The van der Waals surface area contributed by atoms with Gasteiger partial charge in [0, 0.05) is 12.3 Å². The van der Waals surface area contributed by atoms with Crippen molar-refractivity contribution < 1.29 is 24.5 Å². The third-order valence-electron chi connectivity index (χ3n) is 5.62. The van der Waals surface area contributed by atoms with Crippen molar-refractivity contribution in [3.63, 3.8) is 0 Å². The standard InChI is InChI=1S/C15H19N5O5/c1-7(21)24-4-8-14(22)13(2,3)15(14,23)12(25-8)20-6-19-9-10(16)17-5-18-11(9)20/h5-6,8,12,22-23H,4H2,1-3H3,(H2,16,17,18)/t8-,12-,14-,15-/m1/s1. The number of esters is 1. The van der Waals surface area contributed by atoms with Crippen LogP contribution in [0.25, 0.3) is 11.2 Å². The summed E-state index contributed by atoms with van der Waals surface area (Å²) in [6.07, 6.45) is 0.863. The number of nitrogens with zero attached hydrogens (tertiary/aromatic N) is 4. The van der Waals surface area contributed by atoms with E-state index in [9.17, 15) is 15.0 Å². The molecular formula is C15H19N5O5. The van der Waals surface area contributed by atoms with E-state index < -0.39 is 34.9 Å². The predicted molar refractivity (Wildman–Crippen MR) is 84.0 cm³/mol. The van der Waals surface area contributed by atoms with Gasteiger partial charge in [0.25, 0.3) is 0 Å². The van der Waals surface area contributed by atoms with Crippen molar-refractivity contribution in [3.8, 4) is 0 Å². The molecule has 1 saturated carbocycles. The molecule has 0 spiro atoms. The monoisotopic (exact) mass is 349 g/mol. The Morgan fingerprint density at radius 3 is 2.76 bits per heavy atom. The number of fused-ring (bicyclic) bond motifs is 2. The maximum atomic E-state index is 11.2. The van der Waals surface area contributed by atoms with Gasteiger partial charge in [0.1, 0.15) is 35.8 Å². The van der Waals surface area contributed by atoms with Gasteiger partial charge in [-0.1, -0.05) is 13.8 Å². The van der Waals surface area contributed by atoms with Crippen LogP contribution < -0.4 is 5.73 Å². The summed E-state index contributed by atoms with van der Waals surface area (Å²) in [6.45, 7) is 4.55. The lowest BCUT2D eigenvalue weighted by molar-refractivity contribution is -0.156. The molecule has 0 radical (unpaired) electrons. The fraction of sp³-hybridized carbons (Fsp3) is 0.600. The molecule has 3 heterocycles. The van der Waals surface area contributed by atoms with E-state index in [2.05, 4.69) is 15.0 Å². The molecule has 4 atom stereocenters. The first-order valence-corrected chi connectivity index (χ1v) is 7.83. The number of imidazole rings is 1. The van der Waals surface area contributed by atoms with Crippen molar-refractivity contribution in [1.29, 1.82) is 0 Å². The van der Waals surface area contributed by atoms with Gasteiger partial charge < -0.3 is 25.4 Å². The summed E-state index contributed by atoms with van der Waals surface area (Å²) in [5, 5.41) is 22.3. The third kappa shape index (κ3) is 1.68. The highest BCUT2D eigenvalue weighted by atomic mass is 16.6. The first-order chi connectivity index (χ1) is 11.7. The van der Waals surface area contributed by atoms with Gasteiger partial charge in [-0.3, -0.25) is 9.36 Å². The summed E-state index contributed by atoms with van der Waals surface area (Å²) < 4.78 is 12.4. The Morgan fingerprint density at radius 2 is 2.08 bits per heavy atom. The second-order valence-electron chi connectivity index (χ2n) is 7.02. The SMILES string of the molecule is CC(=O)OC[C@H]1O[C@@H](n2cnc3c(N)ncnc32)[C@@]2(O)C(C)(C)[C@]12O. The van der Waals surface area contributed by atoms with Gasteiger partial charge in [-0.25, -0.2) is 15.0 Å². The van der Waals surface area contributed by atoms with E-state index in [1.807, 2.05) is 0 Å². The van der Waals surface area contributed by atoms with Gasteiger partial charge in [0.2, 0.25) is 0 Å². The lowest BCUT2D eigenvalue weighted by Crippen LogP contribution is -2.37. The van der Waals surface area contributed by atoms with Crippen LogP contribution in [0.2, 0.25) is 0 Å². The first kappa shape index (κ1) is 16.2. The molecule has 10 heteroatoms. The molecule has 2 fully saturated rings. The number of carbonyl (C=O) groups is 1. The van der Waals surface area contributed by atoms with Gasteiger partial charge in [0.05, 0.1) is 6.33 Å². The second-order valence-corrected chi connectivity index (χ2v) is 7.02. The normalized spacial score (nSPS) is 35.6. The Kier molecular flexibility index (Phi) is 3.01. The quantitative estimate of drug-likeness (QED) is 0.616. The van der Waals surface area contributed by atoms with E-state index in [0.29, 0.717) is 11.2 Å². The summed E-state index contributed by atoms with van der Waals surface area (Å²) in [4.78, 5) is 23.3. The second kappa shape index (κ2) is 4.65. The fourth-order valence-corrected chi connectivity index (χ4v) is 4.06. The Morgan fingerprint density at radius 1 is 1.36 bits per heavy atom. The number of carbonyl (C=O) groups excluding carboxylic acids is 1. The summed E-state index contributed by atoms with van der Waals surface area (Å²) in [5.74, 6) is -0.290. The molecule has 0 bridgehead atoms. The minimum Gasteiger partial charge on any atom is -0.463 e. The highest BCUT2D eigenvalue weighted by Gasteiger charge is 2.92. The minimum atomic E-state index is -1.60. The third-order valence-corrected chi connectivity index (χ3v) is 5.62. The number of aromatic nitrogens is 4. The molecule has 1 aliphatic carbocycles. The van der Waals surface area contributed by atoms with Crippen LogP contribution in [0.15, 0.2) is 12.7 Å². The van der Waals surface area contributed by atoms with Crippen molar-refractivity contribution >= 4 is 23.0 Å². The molecule has 4 rings (SSSR count). The largest absolute Gasteiger partial charge is 0.463 e. The van der Waals surface area contributed by atoms with Crippen LogP contribution in [0.1, 0.15) is 27.0 Å². The van der Waals surface area contributed by atoms with Crippen molar-refractivity contribution in [2.24, 2.45) is 5.41 Å². The molecule has 0 unspecified atom stereocenters. The summed E-state index contributed by atoms with van der Waals surface area (Å²) in [5.41, 5.74) is 2.49. The van der Waals surface area contributed by atoms with Crippen molar-refractivity contribution in [1.82, 2.24) is 19.5 Å². The van der Waals surface area contributed by atoms with Gasteiger partial charge in [0.15, 0.2) is 17.7 Å². The highest BCUT2D eigenvalue weighted by Crippen LogP contribution is 2.75. The van der Waals surface area contributed by atoms with Crippen LogP contribution in [-0.4, -0.2) is 59.6 Å². The smallest absolute Gasteiger partial charge is 0.302 e. The molecule has 10 nitrogen and oxygen atoms in total. The lowest BCUT2D eigenvalue weighted by Gasteiger charge is -2.27. The Hall–Kier alpha value is -2.30. The summed E-state index contributed by atoms with van der Waals surface area (Å²) in [6, 6.07) is 0. The number of nitrogens with two attached hydrogens (primary N) is 1. The summed E-state index contributed by atoms with van der Waals surface area (Å²) >= 11 is 0. The van der Waals surface area contributed by atoms with Crippen LogP contribution in [0.4, 0.5) is 5.82 Å². The molecule has 2 aromatic rings. The molecule has 4 N–H and O–H groups in total. The Bertz CT molecular complexity index is 882. The average molecular weight is 349 g/mol. The molecule has 2 aromatic heterocycles. The van der Waals surface area contributed by atoms with E-state index in [0.717, 1.165) is 0 Å². The van der Waals surface area contributed by atoms with Crippen LogP contribution in [0.3, 0.4) is 0 Å². The fourth-order valence-electron chi connectivity index (χ4n) is 4.06. The maximum absolute atomic E-state index is 11.2. The first-order valence-electron chi connectivity index (χ1n) is 7.83. The van der Waals surface area contributed by atoms with Crippen LogP contribution in [-0.2, 0) is 14.3 Å². The minimum absolute atomic E-state index is 0.169. The number of ether oxygens (including phenoxy) is 2. The number of anilines is 1. The number of hydrogen-bond acceptors (Lipinski definition) is 9. The molecule has 1 saturated heterocycles. The molecule has 0 aromatic carbocycles. The topological polar surface area (TPSA) is 146 Å². The van der Waals surface area contributed by atoms with Crippen LogP contribution >= 0.6 is 0 Å². The predicted octanol–water partition coefficient (Wildman–Crippen LogP) is -0.629. The number of nitrogen functional groups attached to an aromatic ring is 1. The maximum Gasteiger partial charge on any atom is 0.302 e.